The van der Waals surface area contributed by atoms with Crippen molar-refractivity contribution in [2.45, 2.75) is 13.5 Å². The maximum atomic E-state index is 13.3. The lowest BCUT2D eigenvalue weighted by Crippen LogP contribution is -2.27. The number of rotatable bonds is 6. The molecular formula is C28H23N3O2S2. The highest BCUT2D eigenvalue weighted by Crippen LogP contribution is 2.36. The van der Waals surface area contributed by atoms with E-state index < -0.39 is 0 Å². The van der Waals surface area contributed by atoms with E-state index in [4.69, 9.17) is 22.1 Å². The maximum Gasteiger partial charge on any atom is 0.266 e. The Morgan fingerprint density at radius 3 is 2.40 bits per heavy atom. The number of thiocarbonyl (C=S) groups is 1. The van der Waals surface area contributed by atoms with Gasteiger partial charge in [-0.05, 0) is 42.8 Å². The van der Waals surface area contributed by atoms with Crippen molar-refractivity contribution in [3.63, 3.8) is 0 Å². The van der Waals surface area contributed by atoms with E-state index in [2.05, 4.69) is 31.2 Å². The number of thioether (sulfide) groups is 1. The van der Waals surface area contributed by atoms with Crippen molar-refractivity contribution < 1.29 is 9.53 Å². The molecule has 1 aliphatic heterocycles. The molecule has 0 N–H and O–H groups in total. The predicted octanol–water partition coefficient (Wildman–Crippen LogP) is 6.26. The zero-order valence-electron chi connectivity index (χ0n) is 19.3. The molecular weight excluding hydrogens is 474 g/mol. The molecule has 4 aromatic rings. The normalized spacial score (nSPS) is 14.7. The van der Waals surface area contributed by atoms with Crippen LogP contribution in [0.15, 0.2) is 90.0 Å². The Hall–Kier alpha value is -3.68. The van der Waals surface area contributed by atoms with Gasteiger partial charge in [0.05, 0.1) is 29.9 Å². The van der Waals surface area contributed by atoms with Gasteiger partial charge in [-0.15, -0.1) is 0 Å². The van der Waals surface area contributed by atoms with Crippen molar-refractivity contribution in [3.8, 4) is 22.7 Å². The third-order valence-corrected chi connectivity index (χ3v) is 7.13. The van der Waals surface area contributed by atoms with Crippen molar-refractivity contribution in [2.24, 2.45) is 0 Å². The SMILES string of the molecule is COc1ccc(CN2C(=O)/C(=C/c3cn(-c4ccccc4)nc3-c3ccc(C)cc3)SC2=S)cc1. The molecule has 0 radical (unpaired) electrons. The van der Waals surface area contributed by atoms with Crippen LogP contribution in [-0.4, -0.2) is 32.0 Å². The van der Waals surface area contributed by atoms with E-state index in [0.29, 0.717) is 15.8 Å². The summed E-state index contributed by atoms with van der Waals surface area (Å²) < 4.78 is 7.62. The Labute approximate surface area is 214 Å². The highest BCUT2D eigenvalue weighted by atomic mass is 32.2. The largest absolute Gasteiger partial charge is 0.497 e. The topological polar surface area (TPSA) is 47.4 Å². The van der Waals surface area contributed by atoms with Crippen molar-refractivity contribution in [1.29, 1.82) is 0 Å². The van der Waals surface area contributed by atoms with Gasteiger partial charge in [0, 0.05) is 17.3 Å². The number of nitrogens with zero attached hydrogens (tertiary/aromatic N) is 3. The van der Waals surface area contributed by atoms with Gasteiger partial charge in [-0.3, -0.25) is 9.69 Å². The van der Waals surface area contributed by atoms with E-state index in [0.717, 1.165) is 33.8 Å². The van der Waals surface area contributed by atoms with Gasteiger partial charge in [-0.2, -0.15) is 5.10 Å². The number of hydrogen-bond donors (Lipinski definition) is 0. The Morgan fingerprint density at radius 1 is 1.00 bits per heavy atom. The number of amides is 1. The molecule has 7 heteroatoms. The molecule has 0 unspecified atom stereocenters. The number of aromatic nitrogens is 2. The first kappa shape index (κ1) is 23.1. The second-order valence-corrected chi connectivity index (χ2v) is 9.87. The minimum atomic E-state index is -0.0989. The number of hydrogen-bond acceptors (Lipinski definition) is 5. The Morgan fingerprint density at radius 2 is 1.71 bits per heavy atom. The second-order valence-electron chi connectivity index (χ2n) is 8.20. The molecule has 0 saturated carbocycles. The van der Waals surface area contributed by atoms with Crippen LogP contribution >= 0.6 is 24.0 Å². The standard InChI is InChI=1S/C28H23N3O2S2/c1-19-8-12-21(13-9-19)26-22(18-31(29-26)23-6-4-3-5-7-23)16-25-27(32)30(28(34)35-25)17-20-10-14-24(33-2)15-11-20/h3-16,18H,17H2,1-2H3/b25-16-. The van der Waals surface area contributed by atoms with Crippen LogP contribution < -0.4 is 4.74 Å². The molecule has 1 aromatic heterocycles. The van der Waals surface area contributed by atoms with Crippen LogP contribution in [-0.2, 0) is 11.3 Å². The zero-order chi connectivity index (χ0) is 24.4. The van der Waals surface area contributed by atoms with Crippen molar-refractivity contribution in [1.82, 2.24) is 14.7 Å². The highest BCUT2D eigenvalue weighted by molar-refractivity contribution is 8.26. The van der Waals surface area contributed by atoms with Gasteiger partial charge in [0.15, 0.2) is 0 Å². The number of carbonyl (C=O) groups is 1. The van der Waals surface area contributed by atoms with Gasteiger partial charge in [-0.1, -0.05) is 84.1 Å². The lowest BCUT2D eigenvalue weighted by atomic mass is 10.1. The number of methoxy groups -OCH3 is 1. The van der Waals surface area contributed by atoms with Crippen LogP contribution in [0.4, 0.5) is 0 Å². The summed E-state index contributed by atoms with van der Waals surface area (Å²) in [6, 6.07) is 25.8. The van der Waals surface area contributed by atoms with E-state index in [1.807, 2.05) is 71.6 Å². The average molecular weight is 498 g/mol. The van der Waals surface area contributed by atoms with Crippen LogP contribution in [0.1, 0.15) is 16.7 Å². The lowest BCUT2D eigenvalue weighted by Gasteiger charge is -2.14. The molecule has 35 heavy (non-hydrogen) atoms. The van der Waals surface area contributed by atoms with Gasteiger partial charge >= 0.3 is 0 Å². The third kappa shape index (κ3) is 4.92. The lowest BCUT2D eigenvalue weighted by molar-refractivity contribution is -0.122. The fraction of sp³-hybridized carbons (Fsp3) is 0.107. The molecule has 0 atom stereocenters. The van der Waals surface area contributed by atoms with E-state index in [9.17, 15) is 4.79 Å². The van der Waals surface area contributed by atoms with Crippen molar-refractivity contribution >= 4 is 40.3 Å². The first-order valence-corrected chi connectivity index (χ1v) is 12.3. The Kier molecular flexibility index (Phi) is 6.53. The number of ether oxygens (including phenoxy) is 1. The number of para-hydroxylation sites is 1. The average Bonchev–Trinajstić information content (AvgIpc) is 3.42. The molecule has 1 aliphatic rings. The molecule has 2 heterocycles. The van der Waals surface area contributed by atoms with Crippen LogP contribution in [0.3, 0.4) is 0 Å². The van der Waals surface area contributed by atoms with Gasteiger partial charge in [-0.25, -0.2) is 4.68 Å². The van der Waals surface area contributed by atoms with E-state index >= 15 is 0 Å². The van der Waals surface area contributed by atoms with Gasteiger partial charge in [0.2, 0.25) is 0 Å². The zero-order valence-corrected chi connectivity index (χ0v) is 21.0. The molecule has 0 spiro atoms. The molecule has 1 saturated heterocycles. The van der Waals surface area contributed by atoms with E-state index in [1.165, 1.54) is 17.3 Å². The number of benzene rings is 3. The quantitative estimate of drug-likeness (QED) is 0.233. The first-order chi connectivity index (χ1) is 17.0. The molecule has 5 nitrogen and oxygen atoms in total. The molecule has 1 amide bonds. The Bertz CT molecular complexity index is 1410. The van der Waals surface area contributed by atoms with Gasteiger partial charge in [0.1, 0.15) is 10.1 Å². The number of carbonyl (C=O) groups excluding carboxylic acids is 1. The summed E-state index contributed by atoms with van der Waals surface area (Å²) in [7, 11) is 1.63. The Balaban J connectivity index is 1.49. The number of aryl methyl sites for hydroxylation is 1. The van der Waals surface area contributed by atoms with Gasteiger partial charge < -0.3 is 4.74 Å². The predicted molar refractivity (Wildman–Crippen MR) is 145 cm³/mol. The van der Waals surface area contributed by atoms with E-state index in [1.54, 1.807) is 12.0 Å². The fourth-order valence-electron chi connectivity index (χ4n) is 3.83. The molecule has 0 bridgehead atoms. The third-order valence-electron chi connectivity index (χ3n) is 5.75. The minimum Gasteiger partial charge on any atom is -0.497 e. The molecule has 3 aromatic carbocycles. The summed E-state index contributed by atoms with van der Waals surface area (Å²) in [4.78, 5) is 15.5. The minimum absolute atomic E-state index is 0.0989. The monoisotopic (exact) mass is 497 g/mol. The maximum absolute atomic E-state index is 13.3. The molecule has 174 valence electrons. The van der Waals surface area contributed by atoms with Crippen LogP contribution in [0.5, 0.6) is 5.75 Å². The van der Waals surface area contributed by atoms with Crippen LogP contribution in [0, 0.1) is 6.92 Å². The summed E-state index contributed by atoms with van der Waals surface area (Å²) >= 11 is 6.88. The highest BCUT2D eigenvalue weighted by Gasteiger charge is 2.32. The molecule has 5 rings (SSSR count). The smallest absolute Gasteiger partial charge is 0.266 e. The summed E-state index contributed by atoms with van der Waals surface area (Å²) in [5.74, 6) is 0.677. The van der Waals surface area contributed by atoms with Gasteiger partial charge in [0.25, 0.3) is 5.91 Å². The summed E-state index contributed by atoms with van der Waals surface area (Å²) in [6.07, 6.45) is 3.86. The fourth-order valence-corrected chi connectivity index (χ4v) is 5.08. The summed E-state index contributed by atoms with van der Waals surface area (Å²) in [6.45, 7) is 2.47. The van der Waals surface area contributed by atoms with Crippen LogP contribution in [0.2, 0.25) is 0 Å². The molecule has 0 aliphatic carbocycles. The van der Waals surface area contributed by atoms with Crippen LogP contribution in [0.25, 0.3) is 23.0 Å². The summed E-state index contributed by atoms with van der Waals surface area (Å²) in [5.41, 5.74) is 5.78. The van der Waals surface area contributed by atoms with Crippen molar-refractivity contribution in [2.75, 3.05) is 7.11 Å². The molecule has 1 fully saturated rings. The van der Waals surface area contributed by atoms with Crippen molar-refractivity contribution in [3.05, 3.63) is 107 Å². The summed E-state index contributed by atoms with van der Waals surface area (Å²) in [5, 5.41) is 4.86. The first-order valence-electron chi connectivity index (χ1n) is 11.1. The van der Waals surface area contributed by atoms with E-state index in [-0.39, 0.29) is 5.91 Å². The second kappa shape index (κ2) is 9.90.